The molecular weight excluding hydrogens is 442 g/mol. The third-order valence-corrected chi connectivity index (χ3v) is 6.41. The molecule has 1 N–H and O–H groups in total. The number of nitrogens with zero attached hydrogens (tertiary/aromatic N) is 4. The number of pyridine rings is 1. The van der Waals surface area contributed by atoms with Gasteiger partial charge in [-0.15, -0.1) is 5.10 Å². The number of H-pyrrole nitrogens is 1. The molecule has 3 heterocycles. The van der Waals surface area contributed by atoms with E-state index in [0.717, 1.165) is 28.1 Å². The average Bonchev–Trinajstić information content (AvgIpc) is 3.06. The lowest BCUT2D eigenvalue weighted by Crippen LogP contribution is -2.39. The number of rotatable bonds is 5. The number of carbonyl (C=O) groups excluding carboxylic acids is 1. The van der Waals surface area contributed by atoms with E-state index < -0.39 is 0 Å². The molecule has 174 valence electrons. The Bertz CT molecular complexity index is 1310. The highest BCUT2D eigenvalue weighted by Crippen LogP contribution is 2.41. The Kier molecular flexibility index (Phi) is 6.05. The topological polar surface area (TPSA) is 93.1 Å². The van der Waals surface area contributed by atoms with E-state index in [1.54, 1.807) is 9.58 Å². The largest absolute Gasteiger partial charge is 0.489 e. The summed E-state index contributed by atoms with van der Waals surface area (Å²) in [6.07, 6.45) is 0.455. The van der Waals surface area contributed by atoms with Crippen LogP contribution in [-0.4, -0.2) is 43.4 Å². The van der Waals surface area contributed by atoms with E-state index in [-0.39, 0.29) is 29.1 Å². The minimum absolute atomic E-state index is 0.125. The van der Waals surface area contributed by atoms with Gasteiger partial charge in [-0.3, -0.25) is 14.3 Å². The molecule has 33 heavy (non-hydrogen) atoms. The predicted octanol–water partition coefficient (Wildman–Crippen LogP) is 3.73. The van der Waals surface area contributed by atoms with Gasteiger partial charge in [0, 0.05) is 30.4 Å². The maximum absolute atomic E-state index is 13.7. The van der Waals surface area contributed by atoms with Gasteiger partial charge >= 0.3 is 0 Å². The number of benzene rings is 1. The molecule has 1 amide bonds. The van der Waals surface area contributed by atoms with Gasteiger partial charge in [0.05, 0.1) is 28.9 Å². The maximum Gasteiger partial charge on any atom is 0.256 e. The number of amides is 1. The lowest BCUT2D eigenvalue weighted by molar-refractivity contribution is 0.0725. The third-order valence-electron chi connectivity index (χ3n) is 6.04. The normalized spacial score (nSPS) is 13.6. The molecule has 2 aromatic heterocycles. The minimum Gasteiger partial charge on any atom is -0.489 e. The molecule has 0 radical (unpaired) electrons. The fourth-order valence-electron chi connectivity index (χ4n) is 4.28. The quantitative estimate of drug-likeness (QED) is 0.614. The van der Waals surface area contributed by atoms with Crippen LogP contribution < -0.4 is 10.3 Å². The number of ether oxygens (including phenoxy) is 1. The van der Waals surface area contributed by atoms with Gasteiger partial charge in [0.25, 0.3) is 11.5 Å². The number of aryl methyl sites for hydroxylation is 3. The molecule has 0 bridgehead atoms. The highest BCUT2D eigenvalue weighted by molar-refractivity contribution is 6.35. The number of fused-ring (bicyclic) bond motifs is 1. The molecule has 1 aliphatic heterocycles. The summed E-state index contributed by atoms with van der Waals surface area (Å²) in [5, 5.41) is 8.75. The van der Waals surface area contributed by atoms with Gasteiger partial charge < -0.3 is 14.6 Å². The van der Waals surface area contributed by atoms with E-state index in [0.29, 0.717) is 35.5 Å². The zero-order valence-electron chi connectivity index (χ0n) is 19.7. The molecule has 0 aliphatic carbocycles. The standard InChI is InChI=1S/C24H28ClN5O3/c1-12(2)33-19-10-17(22-15(5)29(6)28-27-22)16-7-8-30(24(32)20(16)21(19)25)11-18-13(3)9-14(4)26-23(18)31/h9-10,12H,7-8,11H2,1-6H3,(H,26,31). The van der Waals surface area contributed by atoms with Crippen LogP contribution in [0.2, 0.25) is 5.02 Å². The van der Waals surface area contributed by atoms with Crippen LogP contribution in [-0.2, 0) is 20.0 Å². The molecule has 0 atom stereocenters. The Morgan fingerprint density at radius 1 is 1.21 bits per heavy atom. The first-order valence-electron chi connectivity index (χ1n) is 11.0. The lowest BCUT2D eigenvalue weighted by Gasteiger charge is -2.31. The number of hydrogen-bond donors (Lipinski definition) is 1. The molecule has 4 rings (SSSR count). The summed E-state index contributed by atoms with van der Waals surface area (Å²) in [6.45, 7) is 10.1. The van der Waals surface area contributed by atoms with Gasteiger partial charge in [0.1, 0.15) is 11.4 Å². The molecule has 3 aromatic rings. The highest BCUT2D eigenvalue weighted by atomic mass is 35.5. The lowest BCUT2D eigenvalue weighted by atomic mass is 9.90. The summed E-state index contributed by atoms with van der Waals surface area (Å²) >= 11 is 6.74. The van der Waals surface area contributed by atoms with Crippen molar-refractivity contribution in [2.24, 2.45) is 7.05 Å². The van der Waals surface area contributed by atoms with Crippen molar-refractivity contribution in [3.05, 3.63) is 61.2 Å². The van der Waals surface area contributed by atoms with Crippen molar-refractivity contribution < 1.29 is 9.53 Å². The van der Waals surface area contributed by atoms with E-state index in [2.05, 4.69) is 15.3 Å². The summed E-state index contributed by atoms with van der Waals surface area (Å²) < 4.78 is 7.66. The Labute approximate surface area is 197 Å². The van der Waals surface area contributed by atoms with Gasteiger partial charge in [-0.25, -0.2) is 0 Å². The number of nitrogens with one attached hydrogen (secondary N) is 1. The summed E-state index contributed by atoms with van der Waals surface area (Å²) in [4.78, 5) is 30.7. The van der Waals surface area contributed by atoms with Crippen LogP contribution in [0.15, 0.2) is 16.9 Å². The summed E-state index contributed by atoms with van der Waals surface area (Å²) in [7, 11) is 1.83. The van der Waals surface area contributed by atoms with Crippen LogP contribution in [0.1, 0.15) is 52.3 Å². The van der Waals surface area contributed by atoms with E-state index in [1.165, 1.54) is 0 Å². The first-order valence-corrected chi connectivity index (χ1v) is 11.3. The molecule has 0 saturated heterocycles. The number of aromatic nitrogens is 4. The highest BCUT2D eigenvalue weighted by Gasteiger charge is 2.33. The van der Waals surface area contributed by atoms with Crippen LogP contribution in [0.5, 0.6) is 5.75 Å². The molecule has 0 saturated carbocycles. The zero-order valence-corrected chi connectivity index (χ0v) is 20.5. The molecular formula is C24H28ClN5O3. The molecule has 1 aromatic carbocycles. The van der Waals surface area contributed by atoms with E-state index in [4.69, 9.17) is 16.3 Å². The second-order valence-corrected chi connectivity index (χ2v) is 9.20. The molecule has 9 heteroatoms. The molecule has 0 fully saturated rings. The van der Waals surface area contributed by atoms with Crippen LogP contribution in [0, 0.1) is 20.8 Å². The Morgan fingerprint density at radius 2 is 1.94 bits per heavy atom. The summed E-state index contributed by atoms with van der Waals surface area (Å²) in [5.74, 6) is 0.211. The molecule has 8 nitrogen and oxygen atoms in total. The van der Waals surface area contributed by atoms with Crippen molar-refractivity contribution in [1.82, 2.24) is 24.9 Å². The van der Waals surface area contributed by atoms with Crippen LogP contribution >= 0.6 is 11.6 Å². The zero-order chi connectivity index (χ0) is 24.0. The van der Waals surface area contributed by atoms with Gasteiger partial charge in [0.2, 0.25) is 0 Å². The maximum atomic E-state index is 13.7. The Morgan fingerprint density at radius 3 is 2.55 bits per heavy atom. The molecule has 1 aliphatic rings. The van der Waals surface area contributed by atoms with Crippen LogP contribution in [0.3, 0.4) is 0 Å². The third kappa shape index (κ3) is 4.15. The van der Waals surface area contributed by atoms with Gasteiger partial charge in [-0.1, -0.05) is 16.8 Å². The Hall–Kier alpha value is -3.13. The van der Waals surface area contributed by atoms with E-state index in [9.17, 15) is 9.59 Å². The number of halogens is 1. The van der Waals surface area contributed by atoms with E-state index in [1.807, 2.05) is 53.8 Å². The molecule has 0 spiro atoms. The predicted molar refractivity (Wildman–Crippen MR) is 127 cm³/mol. The number of aromatic amines is 1. The number of carbonyl (C=O) groups is 1. The van der Waals surface area contributed by atoms with Crippen LogP contribution in [0.25, 0.3) is 11.3 Å². The van der Waals surface area contributed by atoms with Crippen molar-refractivity contribution in [3.63, 3.8) is 0 Å². The van der Waals surface area contributed by atoms with Gasteiger partial charge in [0.15, 0.2) is 0 Å². The Balaban J connectivity index is 1.83. The first kappa shape index (κ1) is 23.0. The van der Waals surface area contributed by atoms with Crippen molar-refractivity contribution in [2.75, 3.05) is 6.54 Å². The fourth-order valence-corrected chi connectivity index (χ4v) is 4.58. The molecule has 0 unspecified atom stereocenters. The summed E-state index contributed by atoms with van der Waals surface area (Å²) in [6, 6.07) is 3.77. The van der Waals surface area contributed by atoms with Crippen molar-refractivity contribution in [1.29, 1.82) is 0 Å². The van der Waals surface area contributed by atoms with Crippen LogP contribution in [0.4, 0.5) is 0 Å². The van der Waals surface area contributed by atoms with Crippen molar-refractivity contribution in [3.8, 4) is 17.0 Å². The second-order valence-electron chi connectivity index (χ2n) is 8.82. The van der Waals surface area contributed by atoms with Gasteiger partial charge in [-0.05, 0) is 64.3 Å². The monoisotopic (exact) mass is 469 g/mol. The summed E-state index contributed by atoms with van der Waals surface area (Å²) in [5.41, 5.74) is 5.66. The van der Waals surface area contributed by atoms with E-state index >= 15 is 0 Å². The minimum atomic E-state index is -0.224. The first-order chi connectivity index (χ1) is 15.6. The second kappa shape index (κ2) is 8.67. The number of hydrogen-bond acceptors (Lipinski definition) is 5. The average molecular weight is 470 g/mol. The van der Waals surface area contributed by atoms with Crippen molar-refractivity contribution in [2.45, 2.75) is 53.7 Å². The SMILES string of the molecule is Cc1cc(C)c(CN2CCc3c(-c4nnn(C)c4C)cc(OC(C)C)c(Cl)c3C2=O)c(=O)[nH]1. The van der Waals surface area contributed by atoms with Crippen molar-refractivity contribution >= 4 is 17.5 Å². The van der Waals surface area contributed by atoms with Gasteiger partial charge in [-0.2, -0.15) is 0 Å². The fraction of sp³-hybridized carbons (Fsp3) is 0.417. The smallest absolute Gasteiger partial charge is 0.256 e.